The Morgan fingerprint density at radius 1 is 0.906 bits per heavy atom. The van der Waals surface area contributed by atoms with Gasteiger partial charge < -0.3 is 4.90 Å². The average molecular weight is 468 g/mol. The van der Waals surface area contributed by atoms with E-state index in [2.05, 4.69) is 5.10 Å². The summed E-state index contributed by atoms with van der Waals surface area (Å²) in [5.41, 5.74) is 0.505. The Morgan fingerprint density at radius 3 is 2.31 bits per heavy atom. The van der Waals surface area contributed by atoms with Crippen LogP contribution in [0.4, 0.5) is 17.6 Å². The number of benzene rings is 2. The molecule has 3 aromatic rings. The van der Waals surface area contributed by atoms with Gasteiger partial charge in [-0.05, 0) is 36.4 Å². The molecule has 1 amide bonds. The van der Waals surface area contributed by atoms with Gasteiger partial charge in [0.1, 0.15) is 10.7 Å². The van der Waals surface area contributed by atoms with Crippen molar-refractivity contribution in [1.29, 1.82) is 0 Å². The van der Waals surface area contributed by atoms with Crippen LogP contribution >= 0.6 is 0 Å². The van der Waals surface area contributed by atoms with Gasteiger partial charge >= 0.3 is 0 Å². The van der Waals surface area contributed by atoms with Crippen LogP contribution in [0.3, 0.4) is 0 Å². The lowest BCUT2D eigenvalue weighted by Crippen LogP contribution is -2.50. The number of carbonyl (C=O) groups is 1. The lowest BCUT2D eigenvalue weighted by atomic mass is 10.3. The highest BCUT2D eigenvalue weighted by molar-refractivity contribution is 7.89. The number of carbonyl (C=O) groups excluding carboxylic acids is 1. The van der Waals surface area contributed by atoms with Gasteiger partial charge in [-0.3, -0.25) is 4.79 Å². The van der Waals surface area contributed by atoms with E-state index >= 15 is 0 Å². The normalized spacial score (nSPS) is 15.2. The maximum atomic E-state index is 14.0. The molecule has 0 radical (unpaired) electrons. The van der Waals surface area contributed by atoms with Crippen molar-refractivity contribution in [3.05, 3.63) is 77.6 Å². The summed E-state index contributed by atoms with van der Waals surface area (Å²) in [5.74, 6) is -6.06. The smallest absolute Gasteiger partial charge is 0.274 e. The van der Waals surface area contributed by atoms with Crippen molar-refractivity contribution in [2.45, 2.75) is 4.90 Å². The van der Waals surface area contributed by atoms with Gasteiger partial charge in [-0.1, -0.05) is 6.07 Å². The molecule has 0 unspecified atom stereocenters. The van der Waals surface area contributed by atoms with Crippen LogP contribution in [0.5, 0.6) is 0 Å². The number of halogens is 4. The summed E-state index contributed by atoms with van der Waals surface area (Å²) in [6.07, 6.45) is 1.49. The minimum atomic E-state index is -4.42. The number of rotatable bonds is 4. The number of hydrogen-bond donors (Lipinski definition) is 0. The van der Waals surface area contributed by atoms with Gasteiger partial charge in [-0.2, -0.15) is 9.40 Å². The Labute approximate surface area is 180 Å². The SMILES string of the molecule is O=C(c1ccn(-c2cccc(F)c2)n1)N1CCN(S(=O)(=O)c2ccc(F)c(F)c2F)CC1. The van der Waals surface area contributed by atoms with E-state index < -0.39 is 44.1 Å². The fourth-order valence-electron chi connectivity index (χ4n) is 3.34. The molecule has 0 bridgehead atoms. The molecular weight excluding hydrogens is 452 g/mol. The van der Waals surface area contributed by atoms with Crippen molar-refractivity contribution in [2.24, 2.45) is 0 Å². The highest BCUT2D eigenvalue weighted by Crippen LogP contribution is 2.24. The van der Waals surface area contributed by atoms with Gasteiger partial charge in [0.15, 0.2) is 23.1 Å². The van der Waals surface area contributed by atoms with Crippen LogP contribution in [0.1, 0.15) is 10.5 Å². The largest absolute Gasteiger partial charge is 0.335 e. The molecule has 1 saturated heterocycles. The number of nitrogens with zero attached hydrogens (tertiary/aromatic N) is 4. The second kappa shape index (κ2) is 8.36. The van der Waals surface area contributed by atoms with Gasteiger partial charge in [0.2, 0.25) is 10.0 Å². The number of sulfonamides is 1. The van der Waals surface area contributed by atoms with E-state index in [1.54, 1.807) is 6.07 Å². The second-order valence-electron chi connectivity index (χ2n) is 7.00. The first-order valence-electron chi connectivity index (χ1n) is 9.43. The molecule has 7 nitrogen and oxygen atoms in total. The van der Waals surface area contributed by atoms with Crippen LogP contribution in [-0.4, -0.2) is 59.5 Å². The number of piperazine rings is 1. The Morgan fingerprint density at radius 2 is 1.62 bits per heavy atom. The Balaban J connectivity index is 1.46. The maximum absolute atomic E-state index is 14.0. The standard InChI is InChI=1S/C20H16F4N4O3S/c21-13-2-1-3-14(12-13)28-7-6-16(25-28)20(29)26-8-10-27(11-9-26)32(30,31)17-5-4-15(22)18(23)19(17)24/h1-7,12H,8-11H2. The molecule has 168 valence electrons. The predicted molar refractivity (Wildman–Crippen MR) is 105 cm³/mol. The zero-order valence-corrected chi connectivity index (χ0v) is 17.2. The zero-order valence-electron chi connectivity index (χ0n) is 16.4. The maximum Gasteiger partial charge on any atom is 0.274 e. The Kier molecular flexibility index (Phi) is 5.73. The molecule has 0 aliphatic carbocycles. The third-order valence-electron chi connectivity index (χ3n) is 5.02. The first kappa shape index (κ1) is 22.0. The molecule has 0 atom stereocenters. The third-order valence-corrected chi connectivity index (χ3v) is 6.94. The fraction of sp³-hybridized carbons (Fsp3) is 0.200. The quantitative estimate of drug-likeness (QED) is 0.436. The second-order valence-corrected chi connectivity index (χ2v) is 8.90. The summed E-state index contributed by atoms with van der Waals surface area (Å²) in [6.45, 7) is -0.374. The van der Waals surface area contributed by atoms with Crippen LogP contribution < -0.4 is 0 Å². The topological polar surface area (TPSA) is 75.5 Å². The molecular formula is C20H16F4N4O3S. The minimum Gasteiger partial charge on any atom is -0.335 e. The van der Waals surface area contributed by atoms with Crippen LogP contribution in [0.25, 0.3) is 5.69 Å². The lowest BCUT2D eigenvalue weighted by Gasteiger charge is -2.33. The van der Waals surface area contributed by atoms with E-state index in [4.69, 9.17) is 0 Å². The predicted octanol–water partition coefficient (Wildman–Crippen LogP) is 2.58. The van der Waals surface area contributed by atoms with E-state index in [9.17, 15) is 30.8 Å². The summed E-state index contributed by atoms with van der Waals surface area (Å²) in [7, 11) is -4.42. The molecule has 1 aromatic heterocycles. The number of hydrogen-bond acceptors (Lipinski definition) is 4. The van der Waals surface area contributed by atoms with Crippen molar-refractivity contribution in [2.75, 3.05) is 26.2 Å². The van der Waals surface area contributed by atoms with Crippen molar-refractivity contribution in [3.63, 3.8) is 0 Å². The molecule has 12 heteroatoms. The first-order valence-corrected chi connectivity index (χ1v) is 10.9. The Hall–Kier alpha value is -3.25. The highest BCUT2D eigenvalue weighted by atomic mass is 32.2. The van der Waals surface area contributed by atoms with Crippen molar-refractivity contribution < 1.29 is 30.8 Å². The van der Waals surface area contributed by atoms with Crippen LogP contribution in [0.2, 0.25) is 0 Å². The molecule has 1 aliphatic rings. The van der Waals surface area contributed by atoms with Crippen molar-refractivity contribution >= 4 is 15.9 Å². The van der Waals surface area contributed by atoms with Crippen molar-refractivity contribution in [1.82, 2.24) is 19.0 Å². The molecule has 0 N–H and O–H groups in total. The number of aromatic nitrogens is 2. The van der Waals surface area contributed by atoms with Crippen LogP contribution in [0, 0.1) is 23.3 Å². The molecule has 0 saturated carbocycles. The van der Waals surface area contributed by atoms with Gasteiger partial charge in [0.25, 0.3) is 5.91 Å². The van der Waals surface area contributed by atoms with E-state index in [-0.39, 0.29) is 31.9 Å². The van der Waals surface area contributed by atoms with Gasteiger partial charge in [-0.15, -0.1) is 0 Å². The van der Waals surface area contributed by atoms with E-state index in [0.717, 1.165) is 4.31 Å². The summed E-state index contributed by atoms with van der Waals surface area (Å²) in [5, 5.41) is 4.14. The van der Waals surface area contributed by atoms with E-state index in [0.29, 0.717) is 17.8 Å². The van der Waals surface area contributed by atoms with Gasteiger partial charge in [0, 0.05) is 32.4 Å². The van der Waals surface area contributed by atoms with Gasteiger partial charge in [0.05, 0.1) is 5.69 Å². The molecule has 1 aliphatic heterocycles. The summed E-state index contributed by atoms with van der Waals surface area (Å²) < 4.78 is 81.5. The van der Waals surface area contributed by atoms with Crippen LogP contribution in [0.15, 0.2) is 53.6 Å². The summed E-state index contributed by atoms with van der Waals surface area (Å²) in [6, 6.07) is 8.31. The molecule has 1 fully saturated rings. The average Bonchev–Trinajstić information content (AvgIpc) is 3.27. The Bertz CT molecular complexity index is 1290. The zero-order chi connectivity index (χ0) is 23.0. The molecule has 32 heavy (non-hydrogen) atoms. The fourth-order valence-corrected chi connectivity index (χ4v) is 4.82. The van der Waals surface area contributed by atoms with Gasteiger partial charge in [-0.25, -0.2) is 30.7 Å². The van der Waals surface area contributed by atoms with Crippen molar-refractivity contribution in [3.8, 4) is 5.69 Å². The monoisotopic (exact) mass is 468 g/mol. The third kappa shape index (κ3) is 3.98. The van der Waals surface area contributed by atoms with E-state index in [1.165, 1.54) is 40.0 Å². The summed E-state index contributed by atoms with van der Waals surface area (Å²) in [4.78, 5) is 13.1. The molecule has 2 heterocycles. The van der Waals surface area contributed by atoms with E-state index in [1.807, 2.05) is 0 Å². The minimum absolute atomic E-state index is 0.0177. The number of amides is 1. The molecule has 4 rings (SSSR count). The lowest BCUT2D eigenvalue weighted by molar-refractivity contribution is 0.0691. The first-order chi connectivity index (χ1) is 15.2. The van der Waals surface area contributed by atoms with Crippen LogP contribution in [-0.2, 0) is 10.0 Å². The molecule has 0 spiro atoms. The molecule has 2 aromatic carbocycles. The highest BCUT2D eigenvalue weighted by Gasteiger charge is 2.34. The summed E-state index contributed by atoms with van der Waals surface area (Å²) >= 11 is 0.